The summed E-state index contributed by atoms with van der Waals surface area (Å²) in [5.74, 6) is -2.16. The largest absolute Gasteiger partial charge is 0.471 e. The fourth-order valence-electron chi connectivity index (χ4n) is 1.21. The van der Waals surface area contributed by atoms with Crippen molar-refractivity contribution in [3.05, 3.63) is 22.2 Å². The molecule has 0 fully saturated rings. The summed E-state index contributed by atoms with van der Waals surface area (Å²) in [7, 11) is 1.13. The maximum atomic E-state index is 12.1. The van der Waals surface area contributed by atoms with Crippen molar-refractivity contribution in [2.45, 2.75) is 18.0 Å². The van der Waals surface area contributed by atoms with Gasteiger partial charge in [-0.05, 0) is 40.5 Å². The first kappa shape index (κ1) is 16.3. The molecule has 1 aromatic rings. The van der Waals surface area contributed by atoms with Crippen LogP contribution in [0.4, 0.5) is 18.9 Å². The number of nitrogens with one attached hydrogen (secondary N) is 1. The van der Waals surface area contributed by atoms with E-state index >= 15 is 0 Å². The Hall–Kier alpha value is -0.800. The Morgan fingerprint density at radius 2 is 1.89 bits per heavy atom. The van der Waals surface area contributed by atoms with Crippen LogP contribution in [-0.2, 0) is 13.8 Å². The van der Waals surface area contributed by atoms with Crippen LogP contribution in [0.25, 0.3) is 0 Å². The maximum absolute atomic E-state index is 12.1. The first-order chi connectivity index (χ1) is 8.43. The summed E-state index contributed by atoms with van der Waals surface area (Å²) >= 11 is 2.86. The molecular formula is C9H6BrClF3NO3S. The van der Waals surface area contributed by atoms with E-state index in [0.29, 0.717) is 0 Å². The highest BCUT2D eigenvalue weighted by Gasteiger charge is 2.39. The summed E-state index contributed by atoms with van der Waals surface area (Å²) < 4.78 is 58.6. The lowest BCUT2D eigenvalue weighted by Crippen LogP contribution is -2.30. The second kappa shape index (κ2) is 5.29. The number of hydrogen-bond donors (Lipinski definition) is 1. The lowest BCUT2D eigenvalue weighted by atomic mass is 10.2. The van der Waals surface area contributed by atoms with Crippen molar-refractivity contribution in [3.63, 3.8) is 0 Å². The zero-order chi connectivity index (χ0) is 15.0. The molecule has 0 atom stereocenters. The molecule has 0 bridgehead atoms. The van der Waals surface area contributed by atoms with Crippen LogP contribution in [0, 0.1) is 6.92 Å². The molecule has 0 aliphatic heterocycles. The molecule has 1 N–H and O–H groups in total. The molecule has 1 aromatic carbocycles. The third-order valence-corrected chi connectivity index (χ3v) is 4.15. The summed E-state index contributed by atoms with van der Waals surface area (Å²) in [6, 6.07) is 2.09. The van der Waals surface area contributed by atoms with E-state index in [0.717, 1.165) is 12.1 Å². The number of anilines is 1. The minimum absolute atomic E-state index is 0.0325. The molecule has 0 saturated heterocycles. The van der Waals surface area contributed by atoms with E-state index in [4.69, 9.17) is 10.7 Å². The summed E-state index contributed by atoms with van der Waals surface area (Å²) in [4.78, 5) is 10.5. The molecule has 10 heteroatoms. The molecule has 1 rings (SSSR count). The van der Waals surface area contributed by atoms with Crippen molar-refractivity contribution in [1.82, 2.24) is 0 Å². The normalized spacial score (nSPS) is 12.3. The van der Waals surface area contributed by atoms with E-state index in [2.05, 4.69) is 15.9 Å². The molecule has 0 aromatic heterocycles. The minimum atomic E-state index is -5.04. The van der Waals surface area contributed by atoms with Gasteiger partial charge in [-0.2, -0.15) is 13.2 Å². The zero-order valence-corrected chi connectivity index (χ0v) is 12.3. The Morgan fingerprint density at radius 3 is 2.32 bits per heavy atom. The first-order valence-corrected chi connectivity index (χ1v) is 7.66. The van der Waals surface area contributed by atoms with Gasteiger partial charge in [0.2, 0.25) is 0 Å². The molecule has 1 amide bonds. The average Bonchev–Trinajstić information content (AvgIpc) is 2.19. The van der Waals surface area contributed by atoms with Crippen LogP contribution >= 0.6 is 26.6 Å². The summed E-state index contributed by atoms with van der Waals surface area (Å²) in [6.07, 6.45) is -5.04. The minimum Gasteiger partial charge on any atom is -0.317 e. The van der Waals surface area contributed by atoms with Crippen LogP contribution in [0.5, 0.6) is 0 Å². The third-order valence-electron chi connectivity index (χ3n) is 2.03. The van der Waals surface area contributed by atoms with Gasteiger partial charge in [0.25, 0.3) is 9.05 Å². The van der Waals surface area contributed by atoms with E-state index in [9.17, 15) is 26.4 Å². The fourth-order valence-corrected chi connectivity index (χ4v) is 3.01. The van der Waals surface area contributed by atoms with Crippen LogP contribution in [0.15, 0.2) is 21.5 Å². The van der Waals surface area contributed by atoms with Gasteiger partial charge in [-0.1, -0.05) is 0 Å². The molecule has 0 heterocycles. The number of carbonyl (C=O) groups excluding carboxylic acids is 1. The van der Waals surface area contributed by atoms with Crippen molar-refractivity contribution >= 4 is 47.3 Å². The van der Waals surface area contributed by atoms with Crippen molar-refractivity contribution in [3.8, 4) is 0 Å². The Bertz CT molecular complexity index is 630. The van der Waals surface area contributed by atoms with E-state index in [1.807, 2.05) is 0 Å². The van der Waals surface area contributed by atoms with Gasteiger partial charge in [0.05, 0.1) is 10.6 Å². The smallest absolute Gasteiger partial charge is 0.317 e. The van der Waals surface area contributed by atoms with Crippen LogP contribution in [0.1, 0.15) is 5.56 Å². The van der Waals surface area contributed by atoms with Crippen molar-refractivity contribution in [2.75, 3.05) is 5.32 Å². The Kier molecular flexibility index (Phi) is 4.53. The highest BCUT2D eigenvalue weighted by atomic mass is 79.9. The summed E-state index contributed by atoms with van der Waals surface area (Å²) in [6.45, 7) is 1.34. The third kappa shape index (κ3) is 4.08. The summed E-state index contributed by atoms with van der Waals surface area (Å²) in [5.41, 5.74) is -0.0976. The molecule has 0 spiro atoms. The first-order valence-electron chi connectivity index (χ1n) is 4.56. The van der Waals surface area contributed by atoms with Crippen LogP contribution in [-0.4, -0.2) is 20.5 Å². The number of amides is 1. The fraction of sp³-hybridized carbons (Fsp3) is 0.222. The predicted molar refractivity (Wildman–Crippen MR) is 66.6 cm³/mol. The van der Waals surface area contributed by atoms with Crippen molar-refractivity contribution < 1.29 is 26.4 Å². The number of halogens is 5. The standard InChI is InChI=1S/C9H6BrClF3NO3S/c1-4-2-6(15-8(16)9(12,13)14)5(10)3-7(4)19(11,17)18/h2-3H,1H3,(H,15,16). The second-order valence-electron chi connectivity index (χ2n) is 3.49. The van der Waals surface area contributed by atoms with Crippen LogP contribution in [0.2, 0.25) is 0 Å². The molecular weight excluding hydrogens is 375 g/mol. The molecule has 19 heavy (non-hydrogen) atoms. The zero-order valence-electron chi connectivity index (χ0n) is 9.18. The molecule has 0 aliphatic carbocycles. The van der Waals surface area contributed by atoms with Gasteiger partial charge < -0.3 is 5.32 Å². The number of alkyl halides is 3. The number of hydrogen-bond acceptors (Lipinski definition) is 3. The Morgan fingerprint density at radius 1 is 1.37 bits per heavy atom. The highest BCUT2D eigenvalue weighted by Crippen LogP contribution is 2.31. The quantitative estimate of drug-likeness (QED) is 0.802. The SMILES string of the molecule is Cc1cc(NC(=O)C(F)(F)F)c(Br)cc1S(=O)(=O)Cl. The van der Waals surface area contributed by atoms with E-state index in [-0.39, 0.29) is 20.6 Å². The lowest BCUT2D eigenvalue weighted by Gasteiger charge is -2.12. The summed E-state index contributed by atoms with van der Waals surface area (Å²) in [5, 5.41) is 1.62. The molecule has 0 unspecified atom stereocenters. The van der Waals surface area contributed by atoms with Crippen molar-refractivity contribution in [2.24, 2.45) is 0 Å². The number of carbonyl (C=O) groups is 1. The van der Waals surface area contributed by atoms with Gasteiger partial charge in [-0.15, -0.1) is 0 Å². The van der Waals surface area contributed by atoms with E-state index in [1.165, 1.54) is 6.92 Å². The average molecular weight is 381 g/mol. The molecule has 0 radical (unpaired) electrons. The molecule has 0 saturated carbocycles. The number of benzene rings is 1. The topological polar surface area (TPSA) is 63.2 Å². The number of rotatable bonds is 2. The van der Waals surface area contributed by atoms with Gasteiger partial charge in [0.1, 0.15) is 0 Å². The van der Waals surface area contributed by atoms with E-state index < -0.39 is 21.1 Å². The lowest BCUT2D eigenvalue weighted by molar-refractivity contribution is -0.167. The van der Waals surface area contributed by atoms with Crippen LogP contribution in [0.3, 0.4) is 0 Å². The van der Waals surface area contributed by atoms with Gasteiger partial charge in [-0.25, -0.2) is 8.42 Å². The van der Waals surface area contributed by atoms with E-state index in [1.54, 1.807) is 5.32 Å². The molecule has 0 aliphatic rings. The molecule has 106 valence electrons. The number of aryl methyl sites for hydroxylation is 1. The van der Waals surface area contributed by atoms with Crippen LogP contribution < -0.4 is 5.32 Å². The van der Waals surface area contributed by atoms with Crippen molar-refractivity contribution in [1.29, 1.82) is 0 Å². The highest BCUT2D eigenvalue weighted by molar-refractivity contribution is 9.10. The Balaban J connectivity index is 3.21. The van der Waals surface area contributed by atoms with Gasteiger partial charge >= 0.3 is 12.1 Å². The molecule has 4 nitrogen and oxygen atoms in total. The maximum Gasteiger partial charge on any atom is 0.471 e. The Labute approximate surface area is 119 Å². The van der Waals surface area contributed by atoms with Gasteiger partial charge in [-0.3, -0.25) is 4.79 Å². The second-order valence-corrected chi connectivity index (χ2v) is 6.88. The monoisotopic (exact) mass is 379 g/mol. The van der Waals surface area contributed by atoms with Gasteiger partial charge in [0, 0.05) is 15.2 Å². The van der Waals surface area contributed by atoms with Gasteiger partial charge in [0.15, 0.2) is 0 Å². The predicted octanol–water partition coefficient (Wildman–Crippen LogP) is 3.19.